The van der Waals surface area contributed by atoms with E-state index in [2.05, 4.69) is 26.0 Å². The summed E-state index contributed by atoms with van der Waals surface area (Å²) in [6.45, 7) is 5.52. The number of benzene rings is 1. The van der Waals surface area contributed by atoms with Gasteiger partial charge in [-0.2, -0.15) is 5.26 Å². The van der Waals surface area contributed by atoms with Crippen molar-refractivity contribution in [3.05, 3.63) is 27.7 Å². The lowest BCUT2D eigenvalue weighted by Crippen LogP contribution is -2.30. The lowest BCUT2D eigenvalue weighted by Gasteiger charge is -2.14. The summed E-state index contributed by atoms with van der Waals surface area (Å²) in [5.74, 6) is -0.277. The number of hydrogen-bond donors (Lipinski definition) is 1. The molecule has 1 aromatic rings. The smallest absolute Gasteiger partial charge is 0.343 e. The van der Waals surface area contributed by atoms with Crippen LogP contribution in [0, 0.1) is 11.3 Å². The standard InChI is InChI=1S/C18H21BrN2O5/c1-5-25-15-8-12(6-13(9-20)18(23)21-11(2)3)7-14(19)17(15)26-10-16(22)24-4/h6-8,11H,5,10H2,1-4H3,(H,21,23)/b13-6-. The van der Waals surface area contributed by atoms with Gasteiger partial charge in [0.1, 0.15) is 11.6 Å². The Kier molecular flexibility index (Phi) is 8.65. The van der Waals surface area contributed by atoms with Crippen LogP contribution in [0.25, 0.3) is 6.08 Å². The molecular formula is C18H21BrN2O5. The summed E-state index contributed by atoms with van der Waals surface area (Å²) in [7, 11) is 1.27. The molecule has 1 rings (SSSR count). The minimum atomic E-state index is -0.527. The van der Waals surface area contributed by atoms with Crippen molar-refractivity contribution in [2.75, 3.05) is 20.3 Å². The van der Waals surface area contributed by atoms with Crippen LogP contribution in [0.5, 0.6) is 11.5 Å². The van der Waals surface area contributed by atoms with Gasteiger partial charge in [0.05, 0.1) is 18.2 Å². The molecule has 0 heterocycles. The fourth-order valence-corrected chi connectivity index (χ4v) is 2.49. The second-order valence-corrected chi connectivity index (χ2v) is 6.28. The molecule has 8 heteroatoms. The molecule has 0 aliphatic rings. The van der Waals surface area contributed by atoms with E-state index in [4.69, 9.17) is 9.47 Å². The molecule has 0 bridgehead atoms. The summed E-state index contributed by atoms with van der Waals surface area (Å²) in [5, 5.41) is 11.9. The molecule has 0 aromatic heterocycles. The van der Waals surface area contributed by atoms with Gasteiger partial charge in [-0.25, -0.2) is 4.79 Å². The molecule has 0 aliphatic heterocycles. The highest BCUT2D eigenvalue weighted by atomic mass is 79.9. The van der Waals surface area contributed by atoms with Crippen molar-refractivity contribution in [1.29, 1.82) is 5.26 Å². The molecule has 0 spiro atoms. The maximum atomic E-state index is 12.0. The highest BCUT2D eigenvalue weighted by molar-refractivity contribution is 9.10. The van der Waals surface area contributed by atoms with E-state index in [1.165, 1.54) is 13.2 Å². The molecule has 0 radical (unpaired) electrons. The molecular weight excluding hydrogens is 404 g/mol. The van der Waals surface area contributed by atoms with Crippen LogP contribution in [0.15, 0.2) is 22.2 Å². The largest absolute Gasteiger partial charge is 0.490 e. The van der Waals surface area contributed by atoms with Gasteiger partial charge >= 0.3 is 5.97 Å². The molecule has 0 saturated heterocycles. The molecule has 1 N–H and O–H groups in total. The van der Waals surface area contributed by atoms with Crippen molar-refractivity contribution in [1.82, 2.24) is 5.32 Å². The van der Waals surface area contributed by atoms with Crippen LogP contribution in [-0.2, 0) is 14.3 Å². The Morgan fingerprint density at radius 2 is 2.04 bits per heavy atom. The highest BCUT2D eigenvalue weighted by Gasteiger charge is 2.15. The van der Waals surface area contributed by atoms with Crippen molar-refractivity contribution in [2.24, 2.45) is 0 Å². The van der Waals surface area contributed by atoms with Crippen LogP contribution in [0.1, 0.15) is 26.3 Å². The quantitative estimate of drug-likeness (QED) is 0.391. The van der Waals surface area contributed by atoms with Gasteiger partial charge in [-0.1, -0.05) is 0 Å². The molecule has 7 nitrogen and oxygen atoms in total. The number of hydrogen-bond acceptors (Lipinski definition) is 6. The van der Waals surface area contributed by atoms with Gasteiger partial charge in [0.25, 0.3) is 5.91 Å². The molecule has 0 fully saturated rings. The van der Waals surface area contributed by atoms with Gasteiger partial charge in [-0.15, -0.1) is 0 Å². The molecule has 140 valence electrons. The Morgan fingerprint density at radius 3 is 2.58 bits per heavy atom. The van der Waals surface area contributed by atoms with Gasteiger partial charge in [-0.3, -0.25) is 4.79 Å². The fraction of sp³-hybridized carbons (Fsp3) is 0.389. The number of nitrogens with one attached hydrogen (secondary N) is 1. The average Bonchev–Trinajstić information content (AvgIpc) is 2.58. The van der Waals surface area contributed by atoms with E-state index < -0.39 is 11.9 Å². The summed E-state index contributed by atoms with van der Waals surface area (Å²) in [6.07, 6.45) is 1.45. The molecule has 0 aliphatic carbocycles. The third kappa shape index (κ3) is 6.41. The van der Waals surface area contributed by atoms with Crippen molar-refractivity contribution < 1.29 is 23.8 Å². The van der Waals surface area contributed by atoms with Crippen LogP contribution in [0.2, 0.25) is 0 Å². The summed E-state index contributed by atoms with van der Waals surface area (Å²) in [6, 6.07) is 5.09. The van der Waals surface area contributed by atoms with Crippen LogP contribution < -0.4 is 14.8 Å². The number of halogens is 1. The third-order valence-corrected chi connectivity index (χ3v) is 3.58. The Morgan fingerprint density at radius 1 is 1.35 bits per heavy atom. The van der Waals surface area contributed by atoms with Crippen LogP contribution in [0.3, 0.4) is 0 Å². The molecule has 1 amide bonds. The average molecular weight is 425 g/mol. The van der Waals surface area contributed by atoms with E-state index in [1.54, 1.807) is 19.1 Å². The van der Waals surface area contributed by atoms with Crippen molar-refractivity contribution in [3.8, 4) is 17.6 Å². The number of carbonyl (C=O) groups excluding carboxylic acids is 2. The molecule has 0 atom stereocenters. The van der Waals surface area contributed by atoms with Crippen molar-refractivity contribution >= 4 is 33.9 Å². The predicted octanol–water partition coefficient (Wildman–Crippen LogP) is 2.83. The number of rotatable bonds is 8. The Bertz CT molecular complexity index is 738. The van der Waals surface area contributed by atoms with Crippen molar-refractivity contribution in [2.45, 2.75) is 26.8 Å². The predicted molar refractivity (Wildman–Crippen MR) is 99.7 cm³/mol. The van der Waals surface area contributed by atoms with E-state index in [9.17, 15) is 14.9 Å². The second kappa shape index (κ2) is 10.5. The highest BCUT2D eigenvalue weighted by Crippen LogP contribution is 2.37. The SMILES string of the molecule is CCOc1cc(/C=C(/C#N)C(=O)NC(C)C)cc(Br)c1OCC(=O)OC. The van der Waals surface area contributed by atoms with Gasteiger partial charge in [0, 0.05) is 6.04 Å². The Labute approximate surface area is 161 Å². The zero-order chi connectivity index (χ0) is 19.7. The number of methoxy groups -OCH3 is 1. The van der Waals surface area contributed by atoms with E-state index in [0.29, 0.717) is 28.1 Å². The lowest BCUT2D eigenvalue weighted by atomic mass is 10.1. The summed E-state index contributed by atoms with van der Waals surface area (Å²) >= 11 is 3.36. The number of amides is 1. The maximum Gasteiger partial charge on any atom is 0.343 e. The van der Waals surface area contributed by atoms with Gasteiger partial charge < -0.3 is 19.5 Å². The Balaban J connectivity index is 3.21. The zero-order valence-electron chi connectivity index (χ0n) is 15.1. The molecule has 1 aromatic carbocycles. The van der Waals surface area contributed by atoms with Crippen LogP contribution >= 0.6 is 15.9 Å². The number of nitrogens with zero attached hydrogens (tertiary/aromatic N) is 1. The molecule has 26 heavy (non-hydrogen) atoms. The number of esters is 1. The van der Waals surface area contributed by atoms with Gasteiger partial charge in [-0.05, 0) is 60.5 Å². The topological polar surface area (TPSA) is 97.6 Å². The first kappa shape index (κ1) is 21.5. The first-order valence-corrected chi connectivity index (χ1v) is 8.70. The third-order valence-electron chi connectivity index (χ3n) is 2.99. The Hall–Kier alpha value is -2.53. The first-order valence-electron chi connectivity index (χ1n) is 7.90. The minimum absolute atomic E-state index is 0.0312. The minimum Gasteiger partial charge on any atom is -0.490 e. The fourth-order valence-electron chi connectivity index (χ4n) is 1.92. The van der Waals surface area contributed by atoms with E-state index in [1.807, 2.05) is 19.9 Å². The van der Waals surface area contributed by atoms with E-state index in [0.717, 1.165) is 0 Å². The van der Waals surface area contributed by atoms with Crippen LogP contribution in [-0.4, -0.2) is 38.2 Å². The zero-order valence-corrected chi connectivity index (χ0v) is 16.7. The summed E-state index contributed by atoms with van der Waals surface area (Å²) < 4.78 is 16.1. The number of nitriles is 1. The van der Waals surface area contributed by atoms with E-state index in [-0.39, 0.29) is 18.2 Å². The van der Waals surface area contributed by atoms with E-state index >= 15 is 0 Å². The number of ether oxygens (including phenoxy) is 3. The number of carbonyl (C=O) groups is 2. The maximum absolute atomic E-state index is 12.0. The lowest BCUT2D eigenvalue weighted by molar-refractivity contribution is -0.143. The summed E-state index contributed by atoms with van der Waals surface area (Å²) in [5.41, 5.74) is 0.539. The normalized spacial score (nSPS) is 10.9. The van der Waals surface area contributed by atoms with Crippen LogP contribution in [0.4, 0.5) is 0 Å². The monoisotopic (exact) mass is 424 g/mol. The molecule has 0 saturated carbocycles. The molecule has 0 unspecified atom stereocenters. The van der Waals surface area contributed by atoms with Gasteiger partial charge in [0.2, 0.25) is 0 Å². The van der Waals surface area contributed by atoms with Gasteiger partial charge in [0.15, 0.2) is 18.1 Å². The van der Waals surface area contributed by atoms with Crippen molar-refractivity contribution in [3.63, 3.8) is 0 Å². The summed E-state index contributed by atoms with van der Waals surface area (Å²) in [4.78, 5) is 23.3. The first-order chi connectivity index (χ1) is 12.3. The second-order valence-electron chi connectivity index (χ2n) is 5.43.